The van der Waals surface area contributed by atoms with Crippen molar-refractivity contribution in [1.82, 2.24) is 9.97 Å². The third-order valence-electron chi connectivity index (χ3n) is 7.68. The molecule has 6 aromatic rings. The molecule has 4 aromatic carbocycles. The minimum Gasteiger partial charge on any atom is -0.449 e. The number of benzene rings is 4. The molecule has 0 saturated heterocycles. The summed E-state index contributed by atoms with van der Waals surface area (Å²) in [6, 6.07) is 32.4. The molecule has 1 atom stereocenters. The molecule has 6 nitrogen and oxygen atoms in total. The fourth-order valence-electron chi connectivity index (χ4n) is 5.81. The summed E-state index contributed by atoms with van der Waals surface area (Å²) in [5.74, 6) is 1.40. The van der Waals surface area contributed by atoms with Gasteiger partial charge in [-0.05, 0) is 21.5 Å². The van der Waals surface area contributed by atoms with Crippen LogP contribution >= 0.6 is 0 Å². The van der Waals surface area contributed by atoms with Gasteiger partial charge in [-0.2, -0.15) is 28.5 Å². The second-order valence-corrected chi connectivity index (χ2v) is 9.99. The summed E-state index contributed by atoms with van der Waals surface area (Å²) in [6.07, 6.45) is 7.05. The molecule has 3 heterocycles. The zero-order chi connectivity index (χ0) is 26.2. The Balaban J connectivity index is 0.00000256. The number of aliphatic imine (C=N–C) groups is 1. The molecule has 2 aliphatic carbocycles. The first kappa shape index (κ1) is 23.9. The molecule has 9 rings (SSSR count). The average Bonchev–Trinajstić information content (AvgIpc) is 3.73. The number of aromatic nitrogens is 2. The maximum absolute atomic E-state index is 5.06. The molecule has 1 radical (unpaired) electrons. The third-order valence-corrected chi connectivity index (χ3v) is 7.68. The topological polar surface area (TPSA) is 77.3 Å². The van der Waals surface area contributed by atoms with Crippen LogP contribution in [-0.2, 0) is 17.1 Å². The van der Waals surface area contributed by atoms with Gasteiger partial charge in [0.2, 0.25) is 0 Å². The summed E-state index contributed by atoms with van der Waals surface area (Å²) in [4.78, 5) is 25.0. The Hall–Kier alpha value is -4.97. The number of allylic oxidation sites excluding steroid dienone is 1. The van der Waals surface area contributed by atoms with Crippen molar-refractivity contribution in [2.75, 3.05) is 5.32 Å². The van der Waals surface area contributed by atoms with E-state index >= 15 is 0 Å². The Morgan fingerprint density at radius 3 is 1.98 bits per heavy atom. The van der Waals surface area contributed by atoms with E-state index in [1.54, 1.807) is 0 Å². The van der Waals surface area contributed by atoms with Crippen molar-refractivity contribution >= 4 is 50.3 Å². The molecule has 1 N–H and O–H groups in total. The molecular weight excluding hydrogens is 556 g/mol. The quantitative estimate of drug-likeness (QED) is 0.194. The van der Waals surface area contributed by atoms with Crippen LogP contribution in [0.4, 0.5) is 11.6 Å². The van der Waals surface area contributed by atoms with Gasteiger partial charge >= 0.3 is 0 Å². The first-order valence-electron chi connectivity index (χ1n) is 13.2. The van der Waals surface area contributed by atoms with Gasteiger partial charge in [0.25, 0.3) is 0 Å². The maximum atomic E-state index is 5.06. The molecule has 0 spiro atoms. The van der Waals surface area contributed by atoms with E-state index in [0.29, 0.717) is 28.2 Å². The van der Waals surface area contributed by atoms with Crippen molar-refractivity contribution in [3.8, 4) is 0 Å². The molecule has 0 fully saturated rings. The molecule has 8 bridgehead atoms. The predicted molar refractivity (Wildman–Crippen MR) is 156 cm³/mol. The van der Waals surface area contributed by atoms with Crippen LogP contribution in [-0.4, -0.2) is 5.71 Å². The van der Waals surface area contributed by atoms with Gasteiger partial charge in [0.15, 0.2) is 0 Å². The number of anilines is 1. The van der Waals surface area contributed by atoms with Gasteiger partial charge in [-0.25, -0.2) is 0 Å². The smallest absolute Gasteiger partial charge is 0.0161 e. The van der Waals surface area contributed by atoms with E-state index in [1.807, 2.05) is 66.7 Å². The van der Waals surface area contributed by atoms with Crippen molar-refractivity contribution < 1.29 is 17.1 Å². The van der Waals surface area contributed by atoms with Gasteiger partial charge < -0.3 is 30.3 Å². The van der Waals surface area contributed by atoms with Crippen molar-refractivity contribution in [3.05, 3.63) is 142 Å². The van der Waals surface area contributed by atoms with Crippen LogP contribution in [0.3, 0.4) is 0 Å². The molecule has 1 unspecified atom stereocenters. The Morgan fingerprint density at radius 2 is 1.20 bits per heavy atom. The van der Waals surface area contributed by atoms with Crippen LogP contribution < -0.4 is 26.3 Å². The fourth-order valence-corrected chi connectivity index (χ4v) is 5.81. The number of hydrogen-bond donors (Lipinski definition) is 1. The fraction of sp³-hybridized carbons (Fsp3) is 0.0294. The van der Waals surface area contributed by atoms with Crippen LogP contribution in [0, 0.1) is 12.2 Å². The van der Waals surface area contributed by atoms with Crippen LogP contribution in [0.1, 0.15) is 28.3 Å². The second-order valence-electron chi connectivity index (χ2n) is 9.99. The molecule has 0 saturated carbocycles. The SMILES string of the molecule is [C-]1=C2N=c3[n-]c(c4ccccc34)=NC3=[C-]C(Nc4[n-]c(c5ccccc45)N=C1c1ccccc12)c1ccccc13.[Cu]. The number of fused-ring (bicyclic) bond motifs is 18. The second kappa shape index (κ2) is 9.03. The first-order valence-corrected chi connectivity index (χ1v) is 13.2. The van der Waals surface area contributed by atoms with E-state index in [4.69, 9.17) is 24.9 Å². The summed E-state index contributed by atoms with van der Waals surface area (Å²) >= 11 is 0. The molecule has 3 aliphatic rings. The molecule has 41 heavy (non-hydrogen) atoms. The monoisotopic (exact) mass is 573 g/mol. The number of nitrogens with one attached hydrogen (secondary N) is 1. The van der Waals surface area contributed by atoms with Crippen molar-refractivity contribution in [1.29, 1.82) is 0 Å². The van der Waals surface area contributed by atoms with Gasteiger partial charge in [-0.1, -0.05) is 84.9 Å². The third kappa shape index (κ3) is 3.60. The van der Waals surface area contributed by atoms with Crippen molar-refractivity contribution in [3.63, 3.8) is 0 Å². The average molecular weight is 574 g/mol. The first-order chi connectivity index (χ1) is 19.8. The number of rotatable bonds is 0. The van der Waals surface area contributed by atoms with Crippen LogP contribution in [0.5, 0.6) is 0 Å². The Kier molecular flexibility index (Phi) is 5.26. The summed E-state index contributed by atoms with van der Waals surface area (Å²) in [5.41, 5.74) is 7.45. The summed E-state index contributed by atoms with van der Waals surface area (Å²) in [6.45, 7) is 0. The van der Waals surface area contributed by atoms with Crippen LogP contribution in [0.2, 0.25) is 0 Å². The Labute approximate surface area is 245 Å². The van der Waals surface area contributed by atoms with E-state index < -0.39 is 0 Å². The number of hydrogen-bond acceptors (Lipinski definition) is 4. The minimum atomic E-state index is -0.225. The Bertz CT molecular complexity index is 2270. The van der Waals surface area contributed by atoms with Gasteiger partial charge in [-0.3, -0.25) is 6.08 Å². The van der Waals surface area contributed by atoms with Crippen LogP contribution in [0.15, 0.2) is 112 Å². The molecule has 199 valence electrons. The largest absolute Gasteiger partial charge is 0.449 e. The predicted octanol–water partition coefficient (Wildman–Crippen LogP) is 5.45. The molecular formula is C34H18CuN6-4. The van der Waals surface area contributed by atoms with E-state index in [9.17, 15) is 0 Å². The van der Waals surface area contributed by atoms with E-state index in [2.05, 4.69) is 47.8 Å². The number of nitrogens with zero attached hydrogens (tertiary/aromatic N) is 5. The summed E-state index contributed by atoms with van der Waals surface area (Å²) < 4.78 is 0. The maximum Gasteiger partial charge on any atom is 0.0161 e. The standard InChI is InChI=1S/C34H18N6.Cu/c1-2-10-20-19(9-1)27-17-28(20)36-32-25-15-7-8-16-26(25)34(40-32)38-30-18-29(21-11-3-4-12-22(21)30)37-33-24-14-6-5-13-23(24)31(35-27)39-33;/h1-16,27,35H;/q-4;. The van der Waals surface area contributed by atoms with Gasteiger partial charge in [-0.15, -0.1) is 35.2 Å². The summed E-state index contributed by atoms with van der Waals surface area (Å²) in [5, 5.41) is 7.50. The normalized spacial score (nSPS) is 16.4. The van der Waals surface area contributed by atoms with Gasteiger partial charge in [0.05, 0.1) is 0 Å². The van der Waals surface area contributed by atoms with Crippen molar-refractivity contribution in [2.24, 2.45) is 15.0 Å². The molecule has 2 aromatic heterocycles. The molecule has 1 aliphatic heterocycles. The molecule has 7 heteroatoms. The zero-order valence-electron chi connectivity index (χ0n) is 21.4. The zero-order valence-corrected chi connectivity index (χ0v) is 22.3. The van der Waals surface area contributed by atoms with E-state index in [1.165, 1.54) is 0 Å². The van der Waals surface area contributed by atoms with E-state index in [0.717, 1.165) is 55.3 Å². The van der Waals surface area contributed by atoms with Crippen molar-refractivity contribution in [2.45, 2.75) is 6.04 Å². The van der Waals surface area contributed by atoms with Gasteiger partial charge in [0, 0.05) is 39.7 Å². The van der Waals surface area contributed by atoms with Gasteiger partial charge in [0.1, 0.15) is 0 Å². The summed E-state index contributed by atoms with van der Waals surface area (Å²) in [7, 11) is 0. The van der Waals surface area contributed by atoms with Crippen LogP contribution in [0.25, 0.3) is 32.9 Å². The molecule has 0 amide bonds. The van der Waals surface area contributed by atoms with E-state index in [-0.39, 0.29) is 23.1 Å². The Morgan fingerprint density at radius 1 is 0.585 bits per heavy atom. The minimum absolute atomic E-state index is 0.